The number of halogens is 1. The number of nitrogens with zero attached hydrogens (tertiary/aromatic N) is 1. The van der Waals surface area contributed by atoms with Gasteiger partial charge in [-0.3, -0.25) is 0 Å². The SMILES string of the molecule is CC(Nc1ccc(F)cc1C#N)C1CCOCC1. The van der Waals surface area contributed by atoms with Crippen molar-refractivity contribution in [2.24, 2.45) is 5.92 Å². The molecular formula is C14H17FN2O. The molecule has 1 aliphatic heterocycles. The summed E-state index contributed by atoms with van der Waals surface area (Å²) in [7, 11) is 0. The Hall–Kier alpha value is -1.60. The maximum Gasteiger partial charge on any atom is 0.124 e. The number of hydrogen-bond acceptors (Lipinski definition) is 3. The Labute approximate surface area is 107 Å². The van der Waals surface area contributed by atoms with Crippen molar-refractivity contribution in [1.29, 1.82) is 5.26 Å². The first-order valence-corrected chi connectivity index (χ1v) is 6.24. The number of hydrogen-bond donors (Lipinski definition) is 1. The van der Waals surface area contributed by atoms with E-state index < -0.39 is 0 Å². The predicted molar refractivity (Wildman–Crippen MR) is 67.7 cm³/mol. The molecule has 0 spiro atoms. The third-order valence-electron chi connectivity index (χ3n) is 3.46. The minimum Gasteiger partial charge on any atom is -0.381 e. The normalized spacial score (nSPS) is 18.1. The van der Waals surface area contributed by atoms with E-state index in [2.05, 4.69) is 12.2 Å². The highest BCUT2D eigenvalue weighted by Gasteiger charge is 2.21. The molecule has 0 aromatic heterocycles. The number of anilines is 1. The van der Waals surface area contributed by atoms with Crippen LogP contribution in [-0.4, -0.2) is 19.3 Å². The van der Waals surface area contributed by atoms with Gasteiger partial charge in [0.2, 0.25) is 0 Å². The van der Waals surface area contributed by atoms with Crippen molar-refractivity contribution in [3.05, 3.63) is 29.6 Å². The van der Waals surface area contributed by atoms with Gasteiger partial charge in [0.15, 0.2) is 0 Å². The molecule has 0 bridgehead atoms. The van der Waals surface area contributed by atoms with Crippen molar-refractivity contribution in [1.82, 2.24) is 0 Å². The van der Waals surface area contributed by atoms with Crippen LogP contribution in [0.4, 0.5) is 10.1 Å². The lowest BCUT2D eigenvalue weighted by Gasteiger charge is -2.29. The molecule has 0 amide bonds. The van der Waals surface area contributed by atoms with E-state index >= 15 is 0 Å². The summed E-state index contributed by atoms with van der Waals surface area (Å²) in [6.07, 6.45) is 2.05. The summed E-state index contributed by atoms with van der Waals surface area (Å²) in [5.41, 5.74) is 1.06. The minimum atomic E-state index is -0.379. The van der Waals surface area contributed by atoms with Gasteiger partial charge in [0.1, 0.15) is 11.9 Å². The molecular weight excluding hydrogens is 231 g/mol. The lowest BCUT2D eigenvalue weighted by atomic mass is 9.92. The Balaban J connectivity index is 2.06. The van der Waals surface area contributed by atoms with Gasteiger partial charge >= 0.3 is 0 Å². The summed E-state index contributed by atoms with van der Waals surface area (Å²) >= 11 is 0. The van der Waals surface area contributed by atoms with E-state index in [4.69, 9.17) is 10.00 Å². The van der Waals surface area contributed by atoms with E-state index in [-0.39, 0.29) is 11.9 Å². The van der Waals surface area contributed by atoms with Crippen LogP contribution < -0.4 is 5.32 Å². The smallest absolute Gasteiger partial charge is 0.124 e. The monoisotopic (exact) mass is 248 g/mol. The fraction of sp³-hybridized carbons (Fsp3) is 0.500. The van der Waals surface area contributed by atoms with E-state index in [0.717, 1.165) is 26.1 Å². The van der Waals surface area contributed by atoms with Crippen LogP contribution in [0.1, 0.15) is 25.3 Å². The molecule has 1 saturated heterocycles. The van der Waals surface area contributed by atoms with Crippen LogP contribution >= 0.6 is 0 Å². The Bertz CT molecular complexity index is 450. The van der Waals surface area contributed by atoms with Crippen molar-refractivity contribution in [2.45, 2.75) is 25.8 Å². The average Bonchev–Trinajstić information content (AvgIpc) is 2.41. The molecule has 1 N–H and O–H groups in total. The topological polar surface area (TPSA) is 45.0 Å². The van der Waals surface area contributed by atoms with E-state index in [9.17, 15) is 4.39 Å². The third-order valence-corrected chi connectivity index (χ3v) is 3.46. The van der Waals surface area contributed by atoms with Crippen molar-refractivity contribution in [2.75, 3.05) is 18.5 Å². The first kappa shape index (κ1) is 12.8. The first-order valence-electron chi connectivity index (χ1n) is 6.24. The molecule has 1 aromatic carbocycles. The molecule has 2 rings (SSSR count). The van der Waals surface area contributed by atoms with Gasteiger partial charge in [0.25, 0.3) is 0 Å². The minimum absolute atomic E-state index is 0.256. The third kappa shape index (κ3) is 2.99. The molecule has 96 valence electrons. The standard InChI is InChI=1S/C14H17FN2O/c1-10(11-4-6-18-7-5-11)17-14-3-2-13(15)8-12(14)9-16/h2-3,8,10-11,17H,4-7H2,1H3. The zero-order valence-corrected chi connectivity index (χ0v) is 10.4. The second-order valence-corrected chi connectivity index (χ2v) is 4.68. The van der Waals surface area contributed by atoms with Crippen LogP contribution in [-0.2, 0) is 4.74 Å². The largest absolute Gasteiger partial charge is 0.381 e. The lowest BCUT2D eigenvalue weighted by Crippen LogP contribution is -2.31. The number of rotatable bonds is 3. The number of nitrogens with one attached hydrogen (secondary N) is 1. The van der Waals surface area contributed by atoms with Crippen LogP contribution in [0.25, 0.3) is 0 Å². The molecule has 1 unspecified atom stereocenters. The summed E-state index contributed by atoms with van der Waals surface area (Å²) in [4.78, 5) is 0. The molecule has 0 radical (unpaired) electrons. The Morgan fingerprint density at radius 1 is 1.44 bits per heavy atom. The zero-order valence-electron chi connectivity index (χ0n) is 10.4. The summed E-state index contributed by atoms with van der Waals surface area (Å²) in [5, 5.41) is 12.3. The molecule has 1 fully saturated rings. The van der Waals surface area contributed by atoms with E-state index in [1.165, 1.54) is 12.1 Å². The summed E-state index contributed by atoms with van der Waals surface area (Å²) in [6, 6.07) is 6.54. The van der Waals surface area contributed by atoms with Crippen molar-refractivity contribution >= 4 is 5.69 Å². The van der Waals surface area contributed by atoms with Crippen LogP contribution in [0.5, 0.6) is 0 Å². The van der Waals surface area contributed by atoms with Crippen LogP contribution in [0.15, 0.2) is 18.2 Å². The second kappa shape index (κ2) is 5.83. The van der Waals surface area contributed by atoms with Crippen molar-refractivity contribution in [3.63, 3.8) is 0 Å². The highest BCUT2D eigenvalue weighted by Crippen LogP contribution is 2.24. The van der Waals surface area contributed by atoms with Gasteiger partial charge in [0, 0.05) is 19.3 Å². The number of nitriles is 1. The fourth-order valence-electron chi connectivity index (χ4n) is 2.31. The van der Waals surface area contributed by atoms with Gasteiger partial charge in [-0.1, -0.05) is 0 Å². The summed E-state index contributed by atoms with van der Waals surface area (Å²) in [5.74, 6) is 0.158. The summed E-state index contributed by atoms with van der Waals surface area (Å²) < 4.78 is 18.4. The maximum atomic E-state index is 13.0. The van der Waals surface area contributed by atoms with Crippen LogP contribution in [0.2, 0.25) is 0 Å². The van der Waals surface area contributed by atoms with Gasteiger partial charge in [0.05, 0.1) is 11.3 Å². The van der Waals surface area contributed by atoms with Crippen LogP contribution in [0.3, 0.4) is 0 Å². The lowest BCUT2D eigenvalue weighted by molar-refractivity contribution is 0.0622. The second-order valence-electron chi connectivity index (χ2n) is 4.68. The fourth-order valence-corrected chi connectivity index (χ4v) is 2.31. The molecule has 4 heteroatoms. The molecule has 1 atom stereocenters. The average molecular weight is 248 g/mol. The van der Waals surface area contributed by atoms with Gasteiger partial charge in [-0.05, 0) is 43.9 Å². The Morgan fingerprint density at radius 2 is 2.17 bits per heavy atom. The molecule has 1 aromatic rings. The number of ether oxygens (including phenoxy) is 1. The zero-order chi connectivity index (χ0) is 13.0. The van der Waals surface area contributed by atoms with Gasteiger partial charge in [-0.2, -0.15) is 5.26 Å². The highest BCUT2D eigenvalue weighted by molar-refractivity contribution is 5.57. The van der Waals surface area contributed by atoms with Crippen molar-refractivity contribution < 1.29 is 9.13 Å². The Morgan fingerprint density at radius 3 is 2.83 bits per heavy atom. The maximum absolute atomic E-state index is 13.0. The number of benzene rings is 1. The van der Waals surface area contributed by atoms with Gasteiger partial charge < -0.3 is 10.1 Å². The van der Waals surface area contributed by atoms with E-state index in [0.29, 0.717) is 17.2 Å². The molecule has 0 aliphatic carbocycles. The quantitative estimate of drug-likeness (QED) is 0.894. The molecule has 18 heavy (non-hydrogen) atoms. The van der Waals surface area contributed by atoms with Gasteiger partial charge in [-0.15, -0.1) is 0 Å². The van der Waals surface area contributed by atoms with E-state index in [1.807, 2.05) is 6.07 Å². The molecule has 3 nitrogen and oxygen atoms in total. The van der Waals surface area contributed by atoms with E-state index in [1.54, 1.807) is 6.07 Å². The van der Waals surface area contributed by atoms with Crippen LogP contribution in [0, 0.1) is 23.1 Å². The molecule has 0 saturated carbocycles. The highest BCUT2D eigenvalue weighted by atomic mass is 19.1. The molecule has 1 aliphatic rings. The van der Waals surface area contributed by atoms with Crippen molar-refractivity contribution in [3.8, 4) is 6.07 Å². The van der Waals surface area contributed by atoms with Gasteiger partial charge in [-0.25, -0.2) is 4.39 Å². The summed E-state index contributed by atoms with van der Waals surface area (Å²) in [6.45, 7) is 3.69. The predicted octanol–water partition coefficient (Wildman–Crippen LogP) is 2.92. The Kier molecular flexibility index (Phi) is 4.16. The first-order chi connectivity index (χ1) is 8.70. The molecule has 1 heterocycles.